The minimum atomic E-state index is -3.81. The smallest absolute Gasteiger partial charge is 0.261 e. The quantitative estimate of drug-likeness (QED) is 0.670. The Labute approximate surface area is 163 Å². The SMILES string of the molecule is CSc1ccc(S(=O)(=O)Nc2ccc(Cl)cc2C)cc1NC(=O)C(C)C. The van der Waals surface area contributed by atoms with Crippen molar-refractivity contribution in [3.63, 3.8) is 0 Å². The Morgan fingerprint density at radius 3 is 2.38 bits per heavy atom. The molecule has 8 heteroatoms. The zero-order chi connectivity index (χ0) is 19.5. The van der Waals surface area contributed by atoms with Crippen LogP contribution in [0.25, 0.3) is 0 Å². The second kappa shape index (κ2) is 8.33. The molecule has 0 spiro atoms. The predicted molar refractivity (Wildman–Crippen MR) is 109 cm³/mol. The molecule has 26 heavy (non-hydrogen) atoms. The maximum Gasteiger partial charge on any atom is 0.261 e. The Morgan fingerprint density at radius 2 is 1.81 bits per heavy atom. The van der Waals surface area contributed by atoms with E-state index in [9.17, 15) is 13.2 Å². The van der Waals surface area contributed by atoms with Gasteiger partial charge in [0.05, 0.1) is 16.3 Å². The topological polar surface area (TPSA) is 75.3 Å². The number of hydrogen-bond donors (Lipinski definition) is 2. The Bertz CT molecular complexity index is 928. The molecule has 0 saturated heterocycles. The second-order valence-corrected chi connectivity index (χ2v) is 9.04. The highest BCUT2D eigenvalue weighted by atomic mass is 35.5. The third kappa shape index (κ3) is 4.93. The van der Waals surface area contributed by atoms with Gasteiger partial charge in [0.1, 0.15) is 0 Å². The summed E-state index contributed by atoms with van der Waals surface area (Å²) in [6.07, 6.45) is 1.86. The standard InChI is InChI=1S/C18H21ClN2O3S2/c1-11(2)18(22)20-16-10-14(6-8-17(16)25-4)26(23,24)21-15-7-5-13(19)9-12(15)3/h5-11,21H,1-4H3,(H,20,22). The fraction of sp³-hybridized carbons (Fsp3) is 0.278. The molecule has 0 radical (unpaired) electrons. The highest BCUT2D eigenvalue weighted by Crippen LogP contribution is 2.30. The molecule has 2 aromatic carbocycles. The number of thioether (sulfide) groups is 1. The van der Waals surface area contributed by atoms with Gasteiger partial charge in [-0.3, -0.25) is 9.52 Å². The van der Waals surface area contributed by atoms with E-state index in [0.29, 0.717) is 16.4 Å². The van der Waals surface area contributed by atoms with E-state index in [2.05, 4.69) is 10.0 Å². The van der Waals surface area contributed by atoms with Crippen molar-refractivity contribution in [1.29, 1.82) is 0 Å². The molecule has 0 aromatic heterocycles. The van der Waals surface area contributed by atoms with Gasteiger partial charge < -0.3 is 5.32 Å². The van der Waals surface area contributed by atoms with Crippen molar-refractivity contribution < 1.29 is 13.2 Å². The molecule has 1 amide bonds. The molecule has 0 atom stereocenters. The summed E-state index contributed by atoms with van der Waals surface area (Å²) in [4.78, 5) is 12.9. The predicted octanol–water partition coefficient (Wildman–Crippen LogP) is 4.77. The average Bonchev–Trinajstić information content (AvgIpc) is 2.57. The van der Waals surface area contributed by atoms with Crippen LogP contribution in [0.1, 0.15) is 19.4 Å². The maximum absolute atomic E-state index is 12.7. The van der Waals surface area contributed by atoms with Crippen LogP contribution in [0, 0.1) is 12.8 Å². The Morgan fingerprint density at radius 1 is 1.12 bits per heavy atom. The zero-order valence-corrected chi connectivity index (χ0v) is 17.3. The van der Waals surface area contributed by atoms with Crippen LogP contribution in [0.15, 0.2) is 46.2 Å². The highest BCUT2D eigenvalue weighted by Gasteiger charge is 2.19. The van der Waals surface area contributed by atoms with Crippen LogP contribution < -0.4 is 10.0 Å². The number of amides is 1. The van der Waals surface area contributed by atoms with Gasteiger partial charge in [0.2, 0.25) is 5.91 Å². The van der Waals surface area contributed by atoms with Gasteiger partial charge in [0.25, 0.3) is 10.0 Å². The third-order valence-corrected chi connectivity index (χ3v) is 6.09. The molecule has 2 rings (SSSR count). The van der Waals surface area contributed by atoms with Gasteiger partial charge in [-0.05, 0) is 55.1 Å². The van der Waals surface area contributed by atoms with Crippen LogP contribution in [0.5, 0.6) is 0 Å². The molecule has 0 heterocycles. The van der Waals surface area contributed by atoms with E-state index >= 15 is 0 Å². The molecule has 0 bridgehead atoms. The lowest BCUT2D eigenvalue weighted by atomic mass is 10.2. The number of nitrogens with one attached hydrogen (secondary N) is 2. The van der Waals surface area contributed by atoms with Crippen LogP contribution in [0.2, 0.25) is 5.02 Å². The minimum absolute atomic E-state index is 0.0729. The van der Waals surface area contributed by atoms with Crippen LogP contribution in [-0.4, -0.2) is 20.6 Å². The van der Waals surface area contributed by atoms with E-state index in [0.717, 1.165) is 10.5 Å². The normalized spacial score (nSPS) is 11.5. The summed E-state index contributed by atoms with van der Waals surface area (Å²) in [6.45, 7) is 5.33. The van der Waals surface area contributed by atoms with E-state index in [1.807, 2.05) is 6.26 Å². The number of rotatable bonds is 6. The van der Waals surface area contributed by atoms with Crippen LogP contribution in [0.3, 0.4) is 0 Å². The first-order valence-corrected chi connectivity index (χ1v) is 11.0. The highest BCUT2D eigenvalue weighted by molar-refractivity contribution is 7.98. The number of carbonyl (C=O) groups is 1. The lowest BCUT2D eigenvalue weighted by molar-refractivity contribution is -0.118. The van der Waals surface area contributed by atoms with Crippen molar-refractivity contribution in [2.24, 2.45) is 5.92 Å². The summed E-state index contributed by atoms with van der Waals surface area (Å²) < 4.78 is 28.1. The van der Waals surface area contributed by atoms with Crippen molar-refractivity contribution in [3.8, 4) is 0 Å². The Hall–Kier alpha value is -1.70. The van der Waals surface area contributed by atoms with E-state index in [1.165, 1.54) is 23.9 Å². The van der Waals surface area contributed by atoms with E-state index in [4.69, 9.17) is 11.6 Å². The summed E-state index contributed by atoms with van der Waals surface area (Å²) in [6, 6.07) is 9.60. The molecule has 2 aromatic rings. The van der Waals surface area contributed by atoms with Gasteiger partial charge in [-0.25, -0.2) is 8.42 Å². The van der Waals surface area contributed by atoms with Crippen LogP contribution >= 0.6 is 23.4 Å². The molecule has 0 aliphatic rings. The lowest BCUT2D eigenvalue weighted by Crippen LogP contribution is -2.19. The second-order valence-electron chi connectivity index (χ2n) is 6.07. The summed E-state index contributed by atoms with van der Waals surface area (Å²) in [5.41, 5.74) is 1.65. The van der Waals surface area contributed by atoms with E-state index in [1.54, 1.807) is 45.0 Å². The number of carbonyl (C=O) groups excluding carboxylic acids is 1. The number of benzene rings is 2. The van der Waals surface area contributed by atoms with Gasteiger partial charge in [0, 0.05) is 15.8 Å². The number of aryl methyl sites for hydroxylation is 1. The first-order valence-electron chi connectivity index (χ1n) is 7.92. The first kappa shape index (κ1) is 20.6. The number of anilines is 2. The molecule has 0 aliphatic carbocycles. The molecule has 5 nitrogen and oxygen atoms in total. The van der Waals surface area contributed by atoms with Crippen molar-refractivity contribution in [1.82, 2.24) is 0 Å². The summed E-state index contributed by atoms with van der Waals surface area (Å²) in [5, 5.41) is 3.32. The maximum atomic E-state index is 12.7. The van der Waals surface area contributed by atoms with Crippen LogP contribution in [0.4, 0.5) is 11.4 Å². The van der Waals surface area contributed by atoms with Crippen molar-refractivity contribution in [2.75, 3.05) is 16.3 Å². The summed E-state index contributed by atoms with van der Waals surface area (Å²) in [7, 11) is -3.81. The summed E-state index contributed by atoms with van der Waals surface area (Å²) >= 11 is 7.35. The van der Waals surface area contributed by atoms with Crippen molar-refractivity contribution >= 4 is 50.7 Å². The Kier molecular flexibility index (Phi) is 6.60. The van der Waals surface area contributed by atoms with E-state index < -0.39 is 10.0 Å². The van der Waals surface area contributed by atoms with Gasteiger partial charge in [-0.2, -0.15) is 0 Å². The lowest BCUT2D eigenvalue weighted by Gasteiger charge is -2.15. The van der Waals surface area contributed by atoms with Gasteiger partial charge in [-0.1, -0.05) is 25.4 Å². The molecular formula is C18H21ClN2O3S2. The third-order valence-electron chi connectivity index (χ3n) is 3.70. The molecule has 0 aliphatic heterocycles. The van der Waals surface area contributed by atoms with E-state index in [-0.39, 0.29) is 16.7 Å². The van der Waals surface area contributed by atoms with Gasteiger partial charge in [0.15, 0.2) is 0 Å². The fourth-order valence-electron chi connectivity index (χ4n) is 2.17. The molecule has 140 valence electrons. The number of hydrogen-bond acceptors (Lipinski definition) is 4. The van der Waals surface area contributed by atoms with Crippen LogP contribution in [-0.2, 0) is 14.8 Å². The minimum Gasteiger partial charge on any atom is -0.325 e. The average molecular weight is 413 g/mol. The largest absolute Gasteiger partial charge is 0.325 e. The fourth-order valence-corrected chi connectivity index (χ4v) is 4.09. The van der Waals surface area contributed by atoms with Gasteiger partial charge in [-0.15, -0.1) is 11.8 Å². The van der Waals surface area contributed by atoms with Crippen molar-refractivity contribution in [2.45, 2.75) is 30.6 Å². The number of sulfonamides is 1. The summed E-state index contributed by atoms with van der Waals surface area (Å²) in [5.74, 6) is -0.379. The molecule has 0 fully saturated rings. The molecule has 2 N–H and O–H groups in total. The zero-order valence-electron chi connectivity index (χ0n) is 15.0. The number of halogens is 1. The van der Waals surface area contributed by atoms with Crippen molar-refractivity contribution in [3.05, 3.63) is 47.0 Å². The Balaban J connectivity index is 2.38. The monoisotopic (exact) mass is 412 g/mol. The molecular weight excluding hydrogens is 392 g/mol. The van der Waals surface area contributed by atoms with Gasteiger partial charge >= 0.3 is 0 Å². The molecule has 0 unspecified atom stereocenters. The first-order chi connectivity index (χ1) is 12.1. The molecule has 0 saturated carbocycles.